The van der Waals surface area contributed by atoms with Gasteiger partial charge in [-0.3, -0.25) is 14.5 Å². The number of carbonyl (C=O) groups excluding carboxylic acids is 1. The second kappa shape index (κ2) is 12.9. The van der Waals surface area contributed by atoms with Gasteiger partial charge in [-0.05, 0) is 52.4 Å². The van der Waals surface area contributed by atoms with Crippen molar-refractivity contribution in [2.75, 3.05) is 27.3 Å². The third-order valence-corrected chi connectivity index (χ3v) is 8.06. The lowest BCUT2D eigenvalue weighted by Gasteiger charge is -2.48. The highest BCUT2D eigenvalue weighted by Crippen LogP contribution is 2.48. The molecule has 196 valence electrons. The Hall–Kier alpha value is -1.90. The standard InChI is InChI=1S/C27H40BrNO6/c1-6-9-21-22(11-10-20(19(3)30)25(21)33)34-15-8-16-35-23-12-14-26(13-7-2,17-24(31)32)18-27(23,28)29(4)5/h10-12,14,23,33H,6-9,13,15-18H2,1-5H3,(H,31,32). The van der Waals surface area contributed by atoms with E-state index in [2.05, 4.69) is 27.8 Å². The number of Topliss-reactive ketones (excluding diaryl/α,β-unsaturated/α-hetero) is 1. The van der Waals surface area contributed by atoms with E-state index in [0.717, 1.165) is 19.3 Å². The number of phenols is 1. The van der Waals surface area contributed by atoms with Crippen LogP contribution in [0.2, 0.25) is 0 Å². The maximum absolute atomic E-state index is 11.8. The summed E-state index contributed by atoms with van der Waals surface area (Å²) in [5, 5.41) is 20.0. The molecule has 3 atom stereocenters. The normalized spacial score (nSPS) is 24.0. The molecule has 0 heterocycles. The molecule has 0 amide bonds. The molecule has 0 aromatic heterocycles. The molecule has 2 N–H and O–H groups in total. The van der Waals surface area contributed by atoms with Crippen molar-refractivity contribution in [3.05, 3.63) is 35.4 Å². The largest absolute Gasteiger partial charge is 0.507 e. The van der Waals surface area contributed by atoms with Crippen LogP contribution in [0.15, 0.2) is 24.3 Å². The number of nitrogens with zero attached hydrogens (tertiary/aromatic N) is 1. The number of aliphatic carboxylic acids is 1. The van der Waals surface area contributed by atoms with E-state index >= 15 is 0 Å². The van der Waals surface area contributed by atoms with Crippen LogP contribution in [-0.2, 0) is 16.0 Å². The van der Waals surface area contributed by atoms with E-state index in [0.29, 0.717) is 49.4 Å². The molecule has 0 bridgehead atoms. The van der Waals surface area contributed by atoms with Crippen LogP contribution in [0, 0.1) is 5.41 Å². The van der Waals surface area contributed by atoms with Gasteiger partial charge < -0.3 is 19.7 Å². The summed E-state index contributed by atoms with van der Waals surface area (Å²) in [4.78, 5) is 25.4. The van der Waals surface area contributed by atoms with E-state index in [1.54, 1.807) is 12.1 Å². The number of carboxylic acids is 1. The van der Waals surface area contributed by atoms with Gasteiger partial charge >= 0.3 is 5.97 Å². The van der Waals surface area contributed by atoms with Crippen molar-refractivity contribution in [2.24, 2.45) is 5.41 Å². The molecule has 0 spiro atoms. The number of carbonyl (C=O) groups is 2. The molecule has 1 aliphatic carbocycles. The molecule has 8 heteroatoms. The van der Waals surface area contributed by atoms with E-state index in [1.165, 1.54) is 6.92 Å². The summed E-state index contributed by atoms with van der Waals surface area (Å²) >= 11 is 3.89. The number of halogens is 1. The van der Waals surface area contributed by atoms with Crippen LogP contribution in [0.3, 0.4) is 0 Å². The van der Waals surface area contributed by atoms with Gasteiger partial charge in [-0.25, -0.2) is 0 Å². The van der Waals surface area contributed by atoms with Gasteiger partial charge in [0.25, 0.3) is 0 Å². The lowest BCUT2D eigenvalue weighted by molar-refractivity contribution is -0.140. The fraction of sp³-hybridized carbons (Fsp3) is 0.630. The Kier molecular flexibility index (Phi) is 10.8. The van der Waals surface area contributed by atoms with Crippen molar-refractivity contribution in [3.8, 4) is 11.5 Å². The average Bonchev–Trinajstić information content (AvgIpc) is 2.76. The average molecular weight is 555 g/mol. The van der Waals surface area contributed by atoms with Crippen LogP contribution in [0.5, 0.6) is 11.5 Å². The number of ether oxygens (including phenoxy) is 2. The van der Waals surface area contributed by atoms with E-state index in [9.17, 15) is 19.8 Å². The van der Waals surface area contributed by atoms with Gasteiger partial charge in [-0.2, -0.15) is 0 Å². The summed E-state index contributed by atoms with van der Waals surface area (Å²) < 4.78 is 11.7. The summed E-state index contributed by atoms with van der Waals surface area (Å²) in [6, 6.07) is 3.35. The van der Waals surface area contributed by atoms with Gasteiger partial charge in [0.2, 0.25) is 0 Å². The van der Waals surface area contributed by atoms with Gasteiger partial charge in [-0.1, -0.05) is 54.8 Å². The van der Waals surface area contributed by atoms with E-state index in [1.807, 2.05) is 33.2 Å². The highest BCUT2D eigenvalue weighted by molar-refractivity contribution is 9.10. The molecule has 0 aliphatic heterocycles. The molecule has 35 heavy (non-hydrogen) atoms. The highest BCUT2D eigenvalue weighted by atomic mass is 79.9. The lowest BCUT2D eigenvalue weighted by Crippen LogP contribution is -2.54. The Bertz CT molecular complexity index is 917. The number of phenolic OH excluding ortho intramolecular Hbond substituents is 1. The zero-order valence-electron chi connectivity index (χ0n) is 21.6. The van der Waals surface area contributed by atoms with Crippen LogP contribution in [-0.4, -0.2) is 64.7 Å². The molecule has 1 aliphatic rings. The first-order valence-electron chi connectivity index (χ1n) is 12.4. The quantitative estimate of drug-likeness (QED) is 0.102. The highest BCUT2D eigenvalue weighted by Gasteiger charge is 2.48. The Morgan fingerprint density at radius 2 is 1.91 bits per heavy atom. The first kappa shape index (κ1) is 29.3. The summed E-state index contributed by atoms with van der Waals surface area (Å²) in [6.07, 6.45) is 8.29. The second-order valence-corrected chi connectivity index (χ2v) is 11.0. The van der Waals surface area contributed by atoms with E-state index in [4.69, 9.17) is 9.47 Å². The zero-order valence-corrected chi connectivity index (χ0v) is 23.2. The van der Waals surface area contributed by atoms with Gasteiger partial charge in [0.15, 0.2) is 5.78 Å². The predicted molar refractivity (Wildman–Crippen MR) is 141 cm³/mol. The van der Waals surface area contributed by atoms with Crippen molar-refractivity contribution in [3.63, 3.8) is 0 Å². The number of rotatable bonds is 14. The fourth-order valence-corrected chi connectivity index (χ4v) is 5.69. The molecular formula is C27H40BrNO6. The Morgan fingerprint density at radius 3 is 2.49 bits per heavy atom. The van der Waals surface area contributed by atoms with Crippen LogP contribution < -0.4 is 4.74 Å². The number of ketones is 1. The number of carboxylic acid groups (broad SMARTS) is 1. The van der Waals surface area contributed by atoms with Crippen molar-refractivity contribution in [1.29, 1.82) is 0 Å². The third kappa shape index (κ3) is 7.30. The molecule has 1 aromatic carbocycles. The topological polar surface area (TPSA) is 96.3 Å². The molecule has 0 fully saturated rings. The molecular weight excluding hydrogens is 514 g/mol. The smallest absolute Gasteiger partial charge is 0.304 e. The Balaban J connectivity index is 2.04. The van der Waals surface area contributed by atoms with Crippen LogP contribution in [0.25, 0.3) is 0 Å². The van der Waals surface area contributed by atoms with Crippen molar-refractivity contribution < 1.29 is 29.3 Å². The first-order valence-corrected chi connectivity index (χ1v) is 13.2. The number of aromatic hydroxyl groups is 1. The fourth-order valence-electron chi connectivity index (χ4n) is 4.85. The SMILES string of the molecule is CCCc1c(OCCCOC2C=CC(CCC)(CC(=O)O)CC2(Br)N(C)C)ccc(C(C)=O)c1O. The number of benzene rings is 1. The minimum Gasteiger partial charge on any atom is -0.507 e. The number of hydrogen-bond donors (Lipinski definition) is 2. The molecule has 0 saturated carbocycles. The van der Waals surface area contributed by atoms with Gasteiger partial charge in [0.1, 0.15) is 22.1 Å². The van der Waals surface area contributed by atoms with Crippen LogP contribution in [0.1, 0.15) is 75.2 Å². The monoisotopic (exact) mass is 553 g/mol. The maximum atomic E-state index is 11.8. The Morgan fingerprint density at radius 1 is 1.20 bits per heavy atom. The Labute approximate surface area is 217 Å². The number of hydrogen-bond acceptors (Lipinski definition) is 6. The van der Waals surface area contributed by atoms with E-state index in [-0.39, 0.29) is 24.1 Å². The van der Waals surface area contributed by atoms with E-state index < -0.39 is 15.8 Å². The minimum atomic E-state index is -0.793. The van der Waals surface area contributed by atoms with Crippen LogP contribution in [0.4, 0.5) is 0 Å². The van der Waals surface area contributed by atoms with Gasteiger partial charge in [-0.15, -0.1) is 0 Å². The molecule has 1 aromatic rings. The summed E-state index contributed by atoms with van der Waals surface area (Å²) in [7, 11) is 3.94. The van der Waals surface area contributed by atoms with Crippen molar-refractivity contribution >= 4 is 27.7 Å². The molecule has 0 saturated heterocycles. The molecule has 0 radical (unpaired) electrons. The molecule has 7 nitrogen and oxygen atoms in total. The van der Waals surface area contributed by atoms with Crippen molar-refractivity contribution in [2.45, 2.75) is 76.3 Å². The molecule has 3 unspecified atom stereocenters. The number of allylic oxidation sites excluding steroid dienone is 1. The lowest BCUT2D eigenvalue weighted by atomic mass is 9.70. The second-order valence-electron chi connectivity index (χ2n) is 9.67. The first-order chi connectivity index (χ1) is 16.5. The van der Waals surface area contributed by atoms with Crippen molar-refractivity contribution in [1.82, 2.24) is 4.90 Å². The summed E-state index contributed by atoms with van der Waals surface area (Å²) in [6.45, 7) is 6.38. The van der Waals surface area contributed by atoms with Gasteiger partial charge in [0, 0.05) is 17.4 Å². The zero-order chi connectivity index (χ0) is 26.2. The predicted octanol–water partition coefficient (Wildman–Crippen LogP) is 5.58. The number of alkyl halides is 1. The minimum absolute atomic E-state index is 0.00687. The maximum Gasteiger partial charge on any atom is 0.304 e. The van der Waals surface area contributed by atoms with Crippen LogP contribution >= 0.6 is 15.9 Å². The number of likely N-dealkylation sites (N-methyl/N-ethyl adjacent to an activating group) is 1. The third-order valence-electron chi connectivity index (χ3n) is 6.62. The summed E-state index contributed by atoms with van der Waals surface area (Å²) in [5.41, 5.74) is 0.558. The summed E-state index contributed by atoms with van der Waals surface area (Å²) in [5.74, 6) is -0.371. The molecule has 2 rings (SSSR count). The van der Waals surface area contributed by atoms with Gasteiger partial charge in [0.05, 0.1) is 25.2 Å².